The first kappa shape index (κ1) is 12.3. The quantitative estimate of drug-likeness (QED) is 0.352. The fourth-order valence-corrected chi connectivity index (χ4v) is 2.11. The van der Waals surface area contributed by atoms with E-state index in [0.717, 1.165) is 0 Å². The maximum atomic E-state index is 11.5. The number of Topliss-reactive ketones (excluding diaryl/α,β-unsaturated/α-hetero) is 1. The topological polar surface area (TPSA) is 57.9 Å². The minimum absolute atomic E-state index is 0.139. The second kappa shape index (κ2) is 5.37. The molecule has 0 bridgehead atoms. The van der Waals surface area contributed by atoms with Crippen molar-refractivity contribution in [2.24, 2.45) is 0 Å². The third kappa shape index (κ3) is 2.63. The van der Waals surface area contributed by atoms with Crippen LogP contribution in [0.5, 0.6) is 0 Å². The van der Waals surface area contributed by atoms with Gasteiger partial charge in [0, 0.05) is 14.7 Å². The molecule has 0 unspecified atom stereocenters. The van der Waals surface area contributed by atoms with E-state index < -0.39 is 0 Å². The summed E-state index contributed by atoms with van der Waals surface area (Å²) in [5.41, 5.74) is 1.11. The lowest BCUT2D eigenvalue weighted by atomic mass is 10.0. The van der Waals surface area contributed by atoms with Crippen LogP contribution in [0.4, 0.5) is 0 Å². The molecule has 0 heterocycles. The van der Waals surface area contributed by atoms with Gasteiger partial charge in [-0.3, -0.25) is 9.59 Å². The van der Waals surface area contributed by atoms with Gasteiger partial charge in [-0.05, 0) is 34.7 Å². The molecule has 0 aliphatic carbocycles. The van der Waals surface area contributed by atoms with E-state index in [9.17, 15) is 9.59 Å². The Labute approximate surface area is 109 Å². The number of benzene rings is 1. The number of alkyl halides is 1. The van der Waals surface area contributed by atoms with E-state index in [1.165, 1.54) is 12.1 Å². The van der Waals surface area contributed by atoms with E-state index >= 15 is 0 Å². The maximum Gasteiger partial charge on any atom is 0.174 e. The highest BCUT2D eigenvalue weighted by Crippen LogP contribution is 2.19. The van der Waals surface area contributed by atoms with Gasteiger partial charge < -0.3 is 0 Å². The van der Waals surface area contributed by atoms with Crippen molar-refractivity contribution in [3.05, 3.63) is 32.4 Å². The first-order valence-electron chi connectivity index (χ1n) is 3.92. The highest BCUT2D eigenvalue weighted by atomic mass is 127. The van der Waals surface area contributed by atoms with Crippen molar-refractivity contribution in [1.29, 1.82) is 5.26 Å². The van der Waals surface area contributed by atoms with Crippen LogP contribution in [0.2, 0.25) is 0 Å². The Morgan fingerprint density at radius 3 is 2.73 bits per heavy atom. The lowest BCUT2D eigenvalue weighted by Gasteiger charge is -2.04. The summed E-state index contributed by atoms with van der Waals surface area (Å²) in [6.07, 6.45) is 0.646. The Morgan fingerprint density at radius 1 is 1.60 bits per heavy atom. The molecule has 3 nitrogen and oxygen atoms in total. The predicted octanol–water partition coefficient (Wildman–Crippen LogP) is 2.55. The summed E-state index contributed by atoms with van der Waals surface area (Å²) in [6.45, 7) is 0. The number of nitrogens with zero attached hydrogens (tertiary/aromatic N) is 1. The molecule has 5 heteroatoms. The van der Waals surface area contributed by atoms with E-state index in [1.807, 2.05) is 28.7 Å². The number of halogens is 2. The zero-order valence-corrected chi connectivity index (χ0v) is 11.2. The number of hydrogen-bond acceptors (Lipinski definition) is 3. The molecular weight excluding hydrogens is 373 g/mol. The van der Waals surface area contributed by atoms with Crippen molar-refractivity contribution >= 4 is 50.6 Å². The van der Waals surface area contributed by atoms with Crippen LogP contribution >= 0.6 is 38.5 Å². The second-order valence-electron chi connectivity index (χ2n) is 2.71. The van der Waals surface area contributed by atoms with E-state index in [0.29, 0.717) is 26.5 Å². The molecule has 0 amide bonds. The maximum absolute atomic E-state index is 11.5. The lowest BCUT2D eigenvalue weighted by molar-refractivity contribution is 0.102. The molecule has 15 heavy (non-hydrogen) atoms. The van der Waals surface area contributed by atoms with Crippen molar-refractivity contribution in [1.82, 2.24) is 0 Å². The Bertz CT molecular complexity index is 465. The fraction of sp³-hybridized carbons (Fsp3) is 0.100. The van der Waals surface area contributed by atoms with Gasteiger partial charge in [0.2, 0.25) is 0 Å². The lowest BCUT2D eigenvalue weighted by Crippen LogP contribution is -2.06. The minimum Gasteiger partial charge on any atom is -0.298 e. The molecule has 0 saturated carbocycles. The smallest absolute Gasteiger partial charge is 0.174 e. The van der Waals surface area contributed by atoms with Crippen LogP contribution < -0.4 is 0 Å². The van der Waals surface area contributed by atoms with Gasteiger partial charge in [0.1, 0.15) is 0 Å². The van der Waals surface area contributed by atoms with Gasteiger partial charge in [0.15, 0.2) is 12.1 Å². The molecule has 0 spiro atoms. The monoisotopic (exact) mass is 377 g/mol. The normalized spacial score (nSPS) is 9.40. The number of aldehydes is 1. The molecule has 0 atom stereocenters. The minimum atomic E-state index is -0.139. The number of nitriles is 1. The molecule has 1 aromatic carbocycles. The third-order valence-corrected chi connectivity index (χ3v) is 3.49. The predicted molar refractivity (Wildman–Crippen MR) is 67.4 cm³/mol. The van der Waals surface area contributed by atoms with Crippen molar-refractivity contribution < 1.29 is 9.59 Å². The van der Waals surface area contributed by atoms with Gasteiger partial charge in [0.05, 0.1) is 17.0 Å². The van der Waals surface area contributed by atoms with Crippen LogP contribution in [-0.4, -0.2) is 17.4 Å². The molecule has 0 radical (unpaired) electrons. The molecule has 0 saturated heterocycles. The molecule has 76 valence electrons. The Hall–Kier alpha value is -0.740. The van der Waals surface area contributed by atoms with Crippen LogP contribution in [0, 0.1) is 14.9 Å². The summed E-state index contributed by atoms with van der Waals surface area (Å²) in [5.74, 6) is -0.139. The van der Waals surface area contributed by atoms with Crippen LogP contribution in [0.1, 0.15) is 26.3 Å². The average Bonchev–Trinajstić information content (AvgIpc) is 2.28. The van der Waals surface area contributed by atoms with Gasteiger partial charge in [-0.15, -0.1) is 0 Å². The van der Waals surface area contributed by atoms with Crippen molar-refractivity contribution in [3.8, 4) is 6.07 Å². The zero-order valence-electron chi connectivity index (χ0n) is 7.46. The Morgan fingerprint density at radius 2 is 2.27 bits per heavy atom. The SMILES string of the molecule is N#Cc1cc(C=O)c(I)c(C(=O)CBr)c1. The van der Waals surface area contributed by atoms with Gasteiger partial charge in [-0.25, -0.2) is 0 Å². The average molecular weight is 378 g/mol. The highest BCUT2D eigenvalue weighted by molar-refractivity contribution is 14.1. The van der Waals surface area contributed by atoms with E-state index in [4.69, 9.17) is 5.26 Å². The standard InChI is InChI=1S/C10H5BrINO2/c11-3-9(15)8-2-6(4-13)1-7(5-14)10(8)12/h1-2,5H,3H2. The summed E-state index contributed by atoms with van der Waals surface area (Å²) in [4.78, 5) is 22.2. The van der Waals surface area contributed by atoms with Gasteiger partial charge in [-0.1, -0.05) is 15.9 Å². The molecule has 1 aromatic rings. The first-order valence-corrected chi connectivity index (χ1v) is 6.12. The third-order valence-electron chi connectivity index (χ3n) is 1.78. The molecule has 1 rings (SSSR count). The van der Waals surface area contributed by atoms with E-state index in [2.05, 4.69) is 15.9 Å². The molecule has 0 N–H and O–H groups in total. The summed E-state index contributed by atoms with van der Waals surface area (Å²) in [6, 6.07) is 4.89. The Balaban J connectivity index is 3.45. The van der Waals surface area contributed by atoms with Crippen LogP contribution in [0.25, 0.3) is 0 Å². The van der Waals surface area contributed by atoms with Gasteiger partial charge >= 0.3 is 0 Å². The largest absolute Gasteiger partial charge is 0.298 e. The summed E-state index contributed by atoms with van der Waals surface area (Å²) in [5, 5.41) is 8.91. The number of ketones is 1. The van der Waals surface area contributed by atoms with E-state index in [-0.39, 0.29) is 11.1 Å². The second-order valence-corrected chi connectivity index (χ2v) is 4.35. The van der Waals surface area contributed by atoms with Crippen molar-refractivity contribution in [3.63, 3.8) is 0 Å². The number of carbonyl (C=O) groups excluding carboxylic acids is 2. The molecule has 0 aliphatic rings. The summed E-state index contributed by atoms with van der Waals surface area (Å²) < 4.78 is 0.589. The molecule has 0 aliphatic heterocycles. The summed E-state index contributed by atoms with van der Waals surface area (Å²) in [7, 11) is 0. The number of rotatable bonds is 3. The molecular formula is C10H5BrINO2. The highest BCUT2D eigenvalue weighted by Gasteiger charge is 2.13. The summed E-state index contributed by atoms with van der Waals surface area (Å²) >= 11 is 4.98. The molecule has 0 fully saturated rings. The first-order chi connectivity index (χ1) is 7.13. The van der Waals surface area contributed by atoms with E-state index in [1.54, 1.807) is 0 Å². The van der Waals surface area contributed by atoms with Crippen LogP contribution in [0.3, 0.4) is 0 Å². The molecule has 0 aromatic heterocycles. The van der Waals surface area contributed by atoms with Crippen LogP contribution in [-0.2, 0) is 0 Å². The van der Waals surface area contributed by atoms with Gasteiger partial charge in [-0.2, -0.15) is 5.26 Å². The Kier molecular flexibility index (Phi) is 4.42. The van der Waals surface area contributed by atoms with Crippen LogP contribution in [0.15, 0.2) is 12.1 Å². The zero-order chi connectivity index (χ0) is 11.4. The van der Waals surface area contributed by atoms with Crippen molar-refractivity contribution in [2.75, 3.05) is 5.33 Å². The van der Waals surface area contributed by atoms with Crippen molar-refractivity contribution in [2.45, 2.75) is 0 Å². The number of hydrogen-bond donors (Lipinski definition) is 0. The fourth-order valence-electron chi connectivity index (χ4n) is 1.07. The number of carbonyl (C=O) groups is 2. The van der Waals surface area contributed by atoms with Gasteiger partial charge in [0.25, 0.3) is 0 Å².